The summed E-state index contributed by atoms with van der Waals surface area (Å²) in [5, 5.41) is 13.8. The van der Waals surface area contributed by atoms with E-state index in [2.05, 4.69) is 5.32 Å². The van der Waals surface area contributed by atoms with Gasteiger partial charge in [-0.3, -0.25) is 4.79 Å². The summed E-state index contributed by atoms with van der Waals surface area (Å²) >= 11 is 0. The van der Waals surface area contributed by atoms with Crippen molar-refractivity contribution >= 4 is 17.6 Å². The second-order valence-corrected chi connectivity index (χ2v) is 5.03. The summed E-state index contributed by atoms with van der Waals surface area (Å²) in [6.45, 7) is 0.160. The number of aliphatic carboxylic acids is 1. The lowest BCUT2D eigenvalue weighted by Gasteiger charge is -2.28. The number of amides is 1. The lowest BCUT2D eigenvalue weighted by molar-refractivity contribution is -0.313. The summed E-state index contributed by atoms with van der Waals surface area (Å²) in [5.41, 5.74) is 0.552. The third-order valence-corrected chi connectivity index (χ3v) is 3.71. The Hall–Kier alpha value is -2.50. The Labute approximate surface area is 121 Å². The van der Waals surface area contributed by atoms with E-state index in [0.29, 0.717) is 30.0 Å². The van der Waals surface area contributed by atoms with Gasteiger partial charge < -0.3 is 24.7 Å². The number of nitrogens with one attached hydrogen (secondary N) is 1. The maximum Gasteiger partial charge on any atom is 0.231 e. The molecule has 0 bridgehead atoms. The summed E-state index contributed by atoms with van der Waals surface area (Å²) in [7, 11) is 0. The quantitative estimate of drug-likeness (QED) is 0.827. The molecule has 1 aliphatic carbocycles. The number of carboxylic acids is 1. The summed E-state index contributed by atoms with van der Waals surface area (Å²) in [6.07, 6.45) is 4.31. The molecule has 2 atom stereocenters. The fourth-order valence-corrected chi connectivity index (χ4v) is 2.57. The van der Waals surface area contributed by atoms with Crippen molar-refractivity contribution in [2.45, 2.75) is 12.8 Å². The number of carbonyl (C=O) groups is 2. The van der Waals surface area contributed by atoms with Crippen molar-refractivity contribution < 1.29 is 24.2 Å². The van der Waals surface area contributed by atoms with Gasteiger partial charge in [0.1, 0.15) is 0 Å². The van der Waals surface area contributed by atoms with Gasteiger partial charge in [-0.05, 0) is 25.0 Å². The number of anilines is 1. The SMILES string of the molecule is O=C(Nc1ccc2c(c1)OCO2)[C@H]1CC=CC[C@H]1C(=O)[O-]. The van der Waals surface area contributed by atoms with Crippen LogP contribution < -0.4 is 19.9 Å². The van der Waals surface area contributed by atoms with Crippen LogP contribution in [-0.4, -0.2) is 18.7 Å². The van der Waals surface area contributed by atoms with Gasteiger partial charge in [-0.1, -0.05) is 12.2 Å². The zero-order chi connectivity index (χ0) is 14.8. The number of carboxylic acid groups (broad SMARTS) is 1. The number of fused-ring (bicyclic) bond motifs is 1. The molecule has 0 saturated heterocycles. The van der Waals surface area contributed by atoms with E-state index in [-0.39, 0.29) is 12.7 Å². The van der Waals surface area contributed by atoms with Crippen LogP contribution in [0.3, 0.4) is 0 Å². The second-order valence-electron chi connectivity index (χ2n) is 5.03. The van der Waals surface area contributed by atoms with Crippen molar-refractivity contribution in [2.75, 3.05) is 12.1 Å². The third kappa shape index (κ3) is 2.69. The van der Waals surface area contributed by atoms with Gasteiger partial charge >= 0.3 is 0 Å². The molecule has 1 aliphatic heterocycles. The summed E-state index contributed by atoms with van der Waals surface area (Å²) < 4.78 is 10.4. The number of carbonyl (C=O) groups excluding carboxylic acids is 2. The van der Waals surface area contributed by atoms with Crippen LogP contribution in [0.1, 0.15) is 12.8 Å². The Morgan fingerprint density at radius 2 is 1.81 bits per heavy atom. The molecule has 21 heavy (non-hydrogen) atoms. The van der Waals surface area contributed by atoms with E-state index in [1.165, 1.54) is 0 Å². The molecule has 1 aromatic rings. The van der Waals surface area contributed by atoms with Crippen LogP contribution in [0.15, 0.2) is 30.4 Å². The molecule has 0 fully saturated rings. The molecule has 110 valence electrons. The monoisotopic (exact) mass is 288 g/mol. The fourth-order valence-electron chi connectivity index (χ4n) is 2.57. The van der Waals surface area contributed by atoms with Crippen LogP contribution in [0.5, 0.6) is 11.5 Å². The lowest BCUT2D eigenvalue weighted by Crippen LogP contribution is -2.41. The fraction of sp³-hybridized carbons (Fsp3) is 0.333. The van der Waals surface area contributed by atoms with Gasteiger partial charge in [0.05, 0.1) is 5.92 Å². The molecule has 1 heterocycles. The molecule has 6 nitrogen and oxygen atoms in total. The third-order valence-electron chi connectivity index (χ3n) is 3.71. The van der Waals surface area contributed by atoms with Crippen LogP contribution in [0.4, 0.5) is 5.69 Å². The van der Waals surface area contributed by atoms with Crippen LogP contribution >= 0.6 is 0 Å². The molecule has 1 N–H and O–H groups in total. The molecule has 0 radical (unpaired) electrons. The lowest BCUT2D eigenvalue weighted by atomic mass is 9.82. The van der Waals surface area contributed by atoms with E-state index in [1.807, 2.05) is 6.08 Å². The van der Waals surface area contributed by atoms with Gasteiger partial charge in [0.25, 0.3) is 0 Å². The van der Waals surface area contributed by atoms with E-state index in [0.717, 1.165) is 0 Å². The normalized spacial score (nSPS) is 22.9. The Morgan fingerprint density at radius 3 is 2.57 bits per heavy atom. The molecule has 0 spiro atoms. The van der Waals surface area contributed by atoms with Crippen LogP contribution in [0, 0.1) is 11.8 Å². The number of hydrogen-bond acceptors (Lipinski definition) is 5. The van der Waals surface area contributed by atoms with Crippen LogP contribution in [0.25, 0.3) is 0 Å². The standard InChI is InChI=1S/C15H15NO5/c17-14(10-3-1-2-4-11(10)15(18)19)16-9-5-6-12-13(7-9)21-8-20-12/h1-2,5-7,10-11H,3-4,8H2,(H,16,17)(H,18,19)/p-1/t10-,11+/m0/s1. The summed E-state index contributed by atoms with van der Waals surface area (Å²) in [6, 6.07) is 5.06. The minimum absolute atomic E-state index is 0.160. The molecule has 0 saturated carbocycles. The van der Waals surface area contributed by atoms with Crippen molar-refractivity contribution in [1.82, 2.24) is 0 Å². The zero-order valence-corrected chi connectivity index (χ0v) is 11.2. The van der Waals surface area contributed by atoms with Gasteiger partial charge in [-0.15, -0.1) is 0 Å². The molecular weight excluding hydrogens is 274 g/mol. The van der Waals surface area contributed by atoms with Gasteiger partial charge in [-0.25, -0.2) is 0 Å². The zero-order valence-electron chi connectivity index (χ0n) is 11.2. The first kappa shape index (κ1) is 13.5. The smallest absolute Gasteiger partial charge is 0.231 e. The van der Waals surface area contributed by atoms with Crippen LogP contribution in [0.2, 0.25) is 0 Å². The van der Waals surface area contributed by atoms with E-state index in [1.54, 1.807) is 24.3 Å². The average molecular weight is 288 g/mol. The molecule has 0 unspecified atom stereocenters. The number of ether oxygens (including phenoxy) is 2. The highest BCUT2D eigenvalue weighted by molar-refractivity contribution is 5.95. The Morgan fingerprint density at radius 1 is 1.10 bits per heavy atom. The van der Waals surface area contributed by atoms with Crippen molar-refractivity contribution in [3.8, 4) is 11.5 Å². The highest BCUT2D eigenvalue weighted by Gasteiger charge is 2.30. The Bertz CT molecular complexity index is 610. The van der Waals surface area contributed by atoms with Crippen molar-refractivity contribution in [2.24, 2.45) is 11.8 Å². The topological polar surface area (TPSA) is 87.7 Å². The molecule has 3 rings (SSSR count). The predicted molar refractivity (Wildman–Crippen MR) is 71.6 cm³/mol. The van der Waals surface area contributed by atoms with Gasteiger partial charge in [0, 0.05) is 23.6 Å². The highest BCUT2D eigenvalue weighted by atomic mass is 16.7. The maximum atomic E-state index is 12.3. The predicted octanol–water partition coefficient (Wildman–Crippen LogP) is 0.686. The van der Waals surface area contributed by atoms with Gasteiger partial charge in [0.15, 0.2) is 11.5 Å². The summed E-state index contributed by atoms with van der Waals surface area (Å²) in [4.78, 5) is 23.4. The van der Waals surface area contributed by atoms with E-state index in [9.17, 15) is 14.7 Å². The highest BCUT2D eigenvalue weighted by Crippen LogP contribution is 2.35. The number of rotatable bonds is 3. The molecule has 6 heteroatoms. The minimum atomic E-state index is -1.19. The van der Waals surface area contributed by atoms with Crippen molar-refractivity contribution in [1.29, 1.82) is 0 Å². The number of benzene rings is 1. The average Bonchev–Trinajstić information content (AvgIpc) is 2.94. The second kappa shape index (κ2) is 5.47. The van der Waals surface area contributed by atoms with Crippen molar-refractivity contribution in [3.05, 3.63) is 30.4 Å². The van der Waals surface area contributed by atoms with Crippen LogP contribution in [-0.2, 0) is 9.59 Å². The Balaban J connectivity index is 1.73. The maximum absolute atomic E-state index is 12.3. The van der Waals surface area contributed by atoms with Crippen molar-refractivity contribution in [3.63, 3.8) is 0 Å². The van der Waals surface area contributed by atoms with E-state index in [4.69, 9.17) is 9.47 Å². The molecule has 1 aromatic carbocycles. The molecule has 1 amide bonds. The Kier molecular flexibility index (Phi) is 3.51. The van der Waals surface area contributed by atoms with E-state index < -0.39 is 17.8 Å². The van der Waals surface area contributed by atoms with Gasteiger partial charge in [0.2, 0.25) is 12.7 Å². The first-order valence-corrected chi connectivity index (χ1v) is 6.71. The molecule has 0 aromatic heterocycles. The number of allylic oxidation sites excluding steroid dienone is 2. The van der Waals surface area contributed by atoms with E-state index >= 15 is 0 Å². The first-order valence-electron chi connectivity index (χ1n) is 6.71. The minimum Gasteiger partial charge on any atom is -0.550 e. The summed E-state index contributed by atoms with van der Waals surface area (Å²) in [5.74, 6) is -1.74. The number of hydrogen-bond donors (Lipinski definition) is 1. The molecular formula is C15H14NO5-. The largest absolute Gasteiger partial charge is 0.550 e. The first-order chi connectivity index (χ1) is 10.1. The van der Waals surface area contributed by atoms with Gasteiger partial charge in [-0.2, -0.15) is 0 Å². The molecule has 2 aliphatic rings.